The van der Waals surface area contributed by atoms with Crippen LogP contribution in [-0.2, 0) is 9.53 Å². The Hall–Kier alpha value is -0.610. The van der Waals surface area contributed by atoms with Gasteiger partial charge in [-0.15, -0.1) is 24.0 Å². The standard InChI is InChI=1S/C20H41N5O2.HI/c1-5-27-18(16(2)3)8-12-24-20(22-4)23-11-6-7-13-25-14-9-17(10-15-25)19(21)26;/h16-18H,5-15H2,1-4H3,(H2,21,26)(H2,22,23,24);1H. The Morgan fingerprint density at radius 2 is 1.86 bits per heavy atom. The molecule has 8 heteroatoms. The molecule has 1 aliphatic rings. The van der Waals surface area contributed by atoms with Crippen LogP contribution in [0.25, 0.3) is 0 Å². The van der Waals surface area contributed by atoms with E-state index in [0.717, 1.165) is 77.4 Å². The van der Waals surface area contributed by atoms with E-state index < -0.39 is 0 Å². The number of piperidine rings is 1. The Labute approximate surface area is 188 Å². The zero-order valence-corrected chi connectivity index (χ0v) is 20.5. The summed E-state index contributed by atoms with van der Waals surface area (Å²) in [5, 5.41) is 6.76. The van der Waals surface area contributed by atoms with Crippen LogP contribution in [0.4, 0.5) is 0 Å². The number of nitrogens with two attached hydrogens (primary N) is 1. The van der Waals surface area contributed by atoms with Crippen molar-refractivity contribution in [2.45, 2.75) is 59.0 Å². The molecule has 1 saturated heterocycles. The van der Waals surface area contributed by atoms with Crippen LogP contribution in [0.15, 0.2) is 4.99 Å². The van der Waals surface area contributed by atoms with Gasteiger partial charge < -0.3 is 26.0 Å². The third kappa shape index (κ3) is 11.4. The lowest BCUT2D eigenvalue weighted by Crippen LogP contribution is -2.40. The Kier molecular flexibility index (Phi) is 15.9. The topological polar surface area (TPSA) is 92.0 Å². The summed E-state index contributed by atoms with van der Waals surface area (Å²) < 4.78 is 5.78. The number of likely N-dealkylation sites (tertiary alicyclic amines) is 1. The number of ether oxygens (including phenoxy) is 1. The molecule has 1 rings (SSSR count). The maximum Gasteiger partial charge on any atom is 0.220 e. The summed E-state index contributed by atoms with van der Waals surface area (Å²) in [5.74, 6) is 1.32. The molecule has 1 fully saturated rings. The van der Waals surface area contributed by atoms with Gasteiger partial charge in [0.15, 0.2) is 5.96 Å². The first kappa shape index (κ1) is 27.4. The predicted molar refractivity (Wildman–Crippen MR) is 127 cm³/mol. The smallest absolute Gasteiger partial charge is 0.220 e. The largest absolute Gasteiger partial charge is 0.378 e. The van der Waals surface area contributed by atoms with Gasteiger partial charge in [-0.25, -0.2) is 0 Å². The average Bonchev–Trinajstić information content (AvgIpc) is 2.65. The van der Waals surface area contributed by atoms with Gasteiger partial charge in [-0.2, -0.15) is 0 Å². The highest BCUT2D eigenvalue weighted by Gasteiger charge is 2.22. The van der Waals surface area contributed by atoms with E-state index in [-0.39, 0.29) is 35.8 Å². The van der Waals surface area contributed by atoms with E-state index in [1.165, 1.54) is 0 Å². The third-order valence-corrected chi connectivity index (χ3v) is 5.25. The van der Waals surface area contributed by atoms with Gasteiger partial charge in [0.1, 0.15) is 0 Å². The van der Waals surface area contributed by atoms with Gasteiger partial charge in [-0.3, -0.25) is 9.79 Å². The van der Waals surface area contributed by atoms with E-state index in [2.05, 4.69) is 34.4 Å². The zero-order valence-electron chi connectivity index (χ0n) is 18.2. The molecule has 1 amide bonds. The van der Waals surface area contributed by atoms with Crippen LogP contribution in [0.5, 0.6) is 0 Å². The van der Waals surface area contributed by atoms with Gasteiger partial charge >= 0.3 is 0 Å². The highest BCUT2D eigenvalue weighted by Crippen LogP contribution is 2.16. The first-order valence-electron chi connectivity index (χ1n) is 10.6. The lowest BCUT2D eigenvalue weighted by Gasteiger charge is -2.30. The first-order valence-corrected chi connectivity index (χ1v) is 10.6. The van der Waals surface area contributed by atoms with Crippen LogP contribution in [0.2, 0.25) is 0 Å². The van der Waals surface area contributed by atoms with Gasteiger partial charge in [0.2, 0.25) is 5.91 Å². The number of amides is 1. The number of guanidine groups is 1. The van der Waals surface area contributed by atoms with Crippen molar-refractivity contribution < 1.29 is 9.53 Å². The molecule has 0 aromatic heterocycles. The van der Waals surface area contributed by atoms with Crippen molar-refractivity contribution in [2.75, 3.05) is 46.4 Å². The number of primary amides is 1. The molecule has 0 aromatic rings. The number of carbonyl (C=O) groups excluding carboxylic acids is 1. The number of hydrogen-bond donors (Lipinski definition) is 3. The molecule has 0 spiro atoms. The molecule has 4 N–H and O–H groups in total. The number of aliphatic imine (C=N–C) groups is 1. The fraction of sp³-hybridized carbons (Fsp3) is 0.900. The van der Waals surface area contributed by atoms with Crippen LogP contribution in [0.1, 0.15) is 52.9 Å². The highest BCUT2D eigenvalue weighted by molar-refractivity contribution is 14.0. The molecule has 1 unspecified atom stereocenters. The summed E-state index contributed by atoms with van der Waals surface area (Å²) in [6.45, 7) is 12.0. The molecular weight excluding hydrogens is 469 g/mol. The maximum absolute atomic E-state index is 11.2. The molecule has 0 bridgehead atoms. The Bertz CT molecular complexity index is 440. The predicted octanol–water partition coefficient (Wildman–Crippen LogP) is 2.20. The van der Waals surface area contributed by atoms with E-state index in [4.69, 9.17) is 10.5 Å². The van der Waals surface area contributed by atoms with Crippen molar-refractivity contribution >= 4 is 35.8 Å². The number of unbranched alkanes of at least 4 members (excludes halogenated alkanes) is 1. The fourth-order valence-electron chi connectivity index (χ4n) is 3.48. The second kappa shape index (κ2) is 16.2. The van der Waals surface area contributed by atoms with Crippen LogP contribution >= 0.6 is 24.0 Å². The second-order valence-electron chi connectivity index (χ2n) is 7.68. The monoisotopic (exact) mass is 511 g/mol. The highest BCUT2D eigenvalue weighted by atomic mass is 127. The fourth-order valence-corrected chi connectivity index (χ4v) is 3.48. The minimum atomic E-state index is -0.140. The summed E-state index contributed by atoms with van der Waals surface area (Å²) in [6.07, 6.45) is 5.33. The van der Waals surface area contributed by atoms with E-state index in [1.54, 1.807) is 7.05 Å². The Balaban J connectivity index is 0.00000729. The summed E-state index contributed by atoms with van der Waals surface area (Å²) in [4.78, 5) is 17.9. The maximum atomic E-state index is 11.2. The van der Waals surface area contributed by atoms with E-state index in [1.807, 2.05) is 6.92 Å². The number of hydrogen-bond acceptors (Lipinski definition) is 4. The molecular formula is C20H42IN5O2. The van der Waals surface area contributed by atoms with Crippen molar-refractivity contribution in [1.29, 1.82) is 0 Å². The van der Waals surface area contributed by atoms with E-state index in [0.29, 0.717) is 12.0 Å². The van der Waals surface area contributed by atoms with Crippen LogP contribution in [0, 0.1) is 11.8 Å². The van der Waals surface area contributed by atoms with E-state index in [9.17, 15) is 4.79 Å². The zero-order chi connectivity index (χ0) is 20.1. The molecule has 166 valence electrons. The minimum absolute atomic E-state index is 0. The van der Waals surface area contributed by atoms with E-state index >= 15 is 0 Å². The van der Waals surface area contributed by atoms with Crippen LogP contribution < -0.4 is 16.4 Å². The van der Waals surface area contributed by atoms with Gasteiger partial charge in [-0.05, 0) is 64.6 Å². The molecule has 1 atom stereocenters. The van der Waals surface area contributed by atoms with Gasteiger partial charge in [0.25, 0.3) is 0 Å². The number of nitrogens with zero attached hydrogens (tertiary/aromatic N) is 2. The molecule has 0 aliphatic carbocycles. The first-order chi connectivity index (χ1) is 13.0. The number of rotatable bonds is 12. The van der Waals surface area contributed by atoms with Gasteiger partial charge in [0, 0.05) is 32.7 Å². The van der Waals surface area contributed by atoms with Crippen LogP contribution in [-0.4, -0.2) is 69.2 Å². The van der Waals surface area contributed by atoms with Crippen molar-refractivity contribution in [3.63, 3.8) is 0 Å². The van der Waals surface area contributed by atoms with Gasteiger partial charge in [0.05, 0.1) is 6.10 Å². The van der Waals surface area contributed by atoms with Crippen molar-refractivity contribution in [2.24, 2.45) is 22.6 Å². The molecule has 0 radical (unpaired) electrons. The number of nitrogens with one attached hydrogen (secondary N) is 2. The summed E-state index contributed by atoms with van der Waals surface area (Å²) in [6, 6.07) is 0. The van der Waals surface area contributed by atoms with Crippen molar-refractivity contribution in [3.8, 4) is 0 Å². The molecule has 28 heavy (non-hydrogen) atoms. The second-order valence-corrected chi connectivity index (χ2v) is 7.68. The quantitative estimate of drug-likeness (QED) is 0.162. The molecule has 0 saturated carbocycles. The Morgan fingerprint density at radius 1 is 1.21 bits per heavy atom. The van der Waals surface area contributed by atoms with Crippen molar-refractivity contribution in [1.82, 2.24) is 15.5 Å². The number of halogens is 1. The normalized spacial score (nSPS) is 17.2. The molecule has 0 aromatic carbocycles. The van der Waals surface area contributed by atoms with Gasteiger partial charge in [-0.1, -0.05) is 13.8 Å². The average molecular weight is 511 g/mol. The molecule has 7 nitrogen and oxygen atoms in total. The lowest BCUT2D eigenvalue weighted by atomic mass is 9.96. The minimum Gasteiger partial charge on any atom is -0.378 e. The summed E-state index contributed by atoms with van der Waals surface area (Å²) >= 11 is 0. The SMILES string of the molecule is CCOC(CCNC(=NC)NCCCCN1CCC(C(N)=O)CC1)C(C)C.I. The summed E-state index contributed by atoms with van der Waals surface area (Å²) in [7, 11) is 1.81. The molecule has 1 heterocycles. The summed E-state index contributed by atoms with van der Waals surface area (Å²) in [5.41, 5.74) is 5.38. The molecule has 1 aliphatic heterocycles. The third-order valence-electron chi connectivity index (χ3n) is 5.25. The lowest BCUT2D eigenvalue weighted by molar-refractivity contribution is -0.123. The number of carbonyl (C=O) groups is 1. The Morgan fingerprint density at radius 3 is 2.39 bits per heavy atom. The van der Waals surface area contributed by atoms with Crippen molar-refractivity contribution in [3.05, 3.63) is 0 Å². The van der Waals surface area contributed by atoms with Crippen LogP contribution in [0.3, 0.4) is 0 Å².